The number of aliphatic hydroxyl groups excluding tert-OH is 2. The van der Waals surface area contributed by atoms with Crippen molar-refractivity contribution in [2.45, 2.75) is 57.0 Å². The Morgan fingerprint density at radius 2 is 1.83 bits per heavy atom. The molecule has 2 fully saturated rings. The third kappa shape index (κ3) is 5.75. The summed E-state index contributed by atoms with van der Waals surface area (Å²) in [5, 5.41) is 30.9. The first kappa shape index (κ1) is 25.4. The molecule has 2 saturated heterocycles. The predicted octanol–water partition coefficient (Wildman–Crippen LogP) is 2.31. The Labute approximate surface area is 204 Å². The molecule has 4 N–H and O–H groups in total. The van der Waals surface area contributed by atoms with Crippen LogP contribution in [0.4, 0.5) is 10.1 Å². The van der Waals surface area contributed by atoms with Gasteiger partial charge in [-0.2, -0.15) is 0 Å². The highest BCUT2D eigenvalue weighted by Crippen LogP contribution is 2.37. The number of amides is 1. The molecule has 9 heteroatoms. The molecule has 0 aromatic heterocycles. The molecule has 1 unspecified atom stereocenters. The highest BCUT2D eigenvalue weighted by atomic mass is 19.1. The van der Waals surface area contributed by atoms with E-state index in [0.29, 0.717) is 39.0 Å². The van der Waals surface area contributed by atoms with Crippen LogP contribution in [0.3, 0.4) is 0 Å². The van der Waals surface area contributed by atoms with Crippen LogP contribution in [0.1, 0.15) is 31.7 Å². The normalized spacial score (nSPS) is 22.1. The number of nitrogens with one attached hydrogen (secondary N) is 1. The molecule has 0 radical (unpaired) electrons. The van der Waals surface area contributed by atoms with Crippen LogP contribution in [0.25, 0.3) is 0 Å². The van der Waals surface area contributed by atoms with Crippen molar-refractivity contribution in [1.29, 1.82) is 0 Å². The standard InChI is InChI=1S/C26H34FN3O5/c1-2-35-22-12-6-17(7-13-22)4-3-5-23(24(31)25(32)28-34)26(33)30-16-20-14-21(30)15-29(20)19-10-8-18(27)9-11-19/h6-13,20-21,23-24,26,31,33-34H,2-5,14-16H2,1H3,(H,28,32)/t20-,21-,23+,24-,26?/m0/s1. The number of anilines is 1. The van der Waals surface area contributed by atoms with E-state index in [9.17, 15) is 19.4 Å². The van der Waals surface area contributed by atoms with Crippen LogP contribution in [0.15, 0.2) is 48.5 Å². The third-order valence-electron chi connectivity index (χ3n) is 7.19. The lowest BCUT2D eigenvalue weighted by Crippen LogP contribution is -2.55. The van der Waals surface area contributed by atoms with Crippen molar-refractivity contribution in [3.8, 4) is 5.75 Å². The Bertz CT molecular complexity index is 974. The number of hydrogen-bond donors (Lipinski definition) is 4. The van der Waals surface area contributed by atoms with E-state index in [1.54, 1.807) is 12.1 Å². The number of carbonyl (C=O) groups is 1. The summed E-state index contributed by atoms with van der Waals surface area (Å²) in [6.45, 7) is 3.78. The number of fused-ring (bicyclic) bond motifs is 2. The topological polar surface area (TPSA) is 106 Å². The van der Waals surface area contributed by atoms with Gasteiger partial charge in [0.1, 0.15) is 23.9 Å². The van der Waals surface area contributed by atoms with Crippen LogP contribution in [0, 0.1) is 11.7 Å². The van der Waals surface area contributed by atoms with E-state index in [0.717, 1.165) is 23.4 Å². The summed E-state index contributed by atoms with van der Waals surface area (Å²) in [5.74, 6) is -1.16. The molecule has 0 aliphatic carbocycles. The summed E-state index contributed by atoms with van der Waals surface area (Å²) in [7, 11) is 0. The first-order valence-corrected chi connectivity index (χ1v) is 12.2. The summed E-state index contributed by atoms with van der Waals surface area (Å²) in [5.41, 5.74) is 3.55. The monoisotopic (exact) mass is 487 g/mol. The minimum Gasteiger partial charge on any atom is -0.494 e. The van der Waals surface area contributed by atoms with Crippen LogP contribution in [0.5, 0.6) is 5.75 Å². The number of nitrogens with zero attached hydrogens (tertiary/aromatic N) is 2. The van der Waals surface area contributed by atoms with Gasteiger partial charge in [-0.1, -0.05) is 12.1 Å². The smallest absolute Gasteiger partial charge is 0.272 e. The Balaban J connectivity index is 1.38. The van der Waals surface area contributed by atoms with Gasteiger partial charge >= 0.3 is 0 Å². The molecule has 0 spiro atoms. The van der Waals surface area contributed by atoms with Gasteiger partial charge in [-0.05, 0) is 74.6 Å². The summed E-state index contributed by atoms with van der Waals surface area (Å²) in [6, 6.07) is 14.4. The first-order valence-electron chi connectivity index (χ1n) is 12.2. The largest absolute Gasteiger partial charge is 0.494 e. The van der Waals surface area contributed by atoms with Crippen molar-refractivity contribution in [3.05, 3.63) is 59.9 Å². The quantitative estimate of drug-likeness (QED) is 0.285. The Morgan fingerprint density at radius 3 is 2.43 bits per heavy atom. The van der Waals surface area contributed by atoms with Crippen LogP contribution < -0.4 is 15.1 Å². The molecule has 2 bridgehead atoms. The van der Waals surface area contributed by atoms with E-state index in [4.69, 9.17) is 9.94 Å². The van der Waals surface area contributed by atoms with Crippen molar-refractivity contribution < 1.29 is 29.3 Å². The number of benzene rings is 2. The average molecular weight is 488 g/mol. The van der Waals surface area contributed by atoms with Crippen molar-refractivity contribution in [2.24, 2.45) is 5.92 Å². The lowest BCUT2D eigenvalue weighted by molar-refractivity contribution is -0.150. The number of carbonyl (C=O) groups excluding carboxylic acids is 1. The van der Waals surface area contributed by atoms with Crippen LogP contribution in [0.2, 0.25) is 0 Å². The molecule has 4 rings (SSSR count). The van der Waals surface area contributed by atoms with E-state index < -0.39 is 24.2 Å². The van der Waals surface area contributed by atoms with Gasteiger partial charge in [0.2, 0.25) is 0 Å². The maximum atomic E-state index is 13.3. The van der Waals surface area contributed by atoms with Gasteiger partial charge in [0, 0.05) is 36.8 Å². The van der Waals surface area contributed by atoms with Gasteiger partial charge in [-0.15, -0.1) is 0 Å². The van der Waals surface area contributed by atoms with Crippen LogP contribution >= 0.6 is 0 Å². The second-order valence-electron chi connectivity index (χ2n) is 9.34. The number of aryl methyl sites for hydroxylation is 1. The van der Waals surface area contributed by atoms with E-state index in [1.807, 2.05) is 36.1 Å². The van der Waals surface area contributed by atoms with Crippen molar-refractivity contribution in [2.75, 3.05) is 24.6 Å². The van der Waals surface area contributed by atoms with Gasteiger partial charge in [0.25, 0.3) is 5.91 Å². The molecular weight excluding hydrogens is 453 g/mol. The number of rotatable bonds is 11. The molecule has 0 saturated carbocycles. The van der Waals surface area contributed by atoms with Gasteiger partial charge in [0.15, 0.2) is 0 Å². The molecule has 2 heterocycles. The molecule has 35 heavy (non-hydrogen) atoms. The minimum absolute atomic E-state index is 0.0538. The van der Waals surface area contributed by atoms with E-state index in [1.165, 1.54) is 17.6 Å². The number of aliphatic hydroxyl groups is 2. The zero-order valence-corrected chi connectivity index (χ0v) is 19.9. The second-order valence-corrected chi connectivity index (χ2v) is 9.34. The zero-order chi connectivity index (χ0) is 24.9. The van der Waals surface area contributed by atoms with Crippen molar-refractivity contribution >= 4 is 11.6 Å². The fourth-order valence-corrected chi connectivity index (χ4v) is 5.41. The highest BCUT2D eigenvalue weighted by Gasteiger charge is 2.48. The highest BCUT2D eigenvalue weighted by molar-refractivity contribution is 5.79. The zero-order valence-electron chi connectivity index (χ0n) is 19.9. The summed E-state index contributed by atoms with van der Waals surface area (Å²) in [6.07, 6.45) is 0.0344. The Hall–Kier alpha value is -2.72. The molecular formula is C26H34FN3O5. The first-order chi connectivity index (χ1) is 16.9. The SMILES string of the molecule is CCOc1ccc(CCC[C@@H](C(O)N2C[C@@H]3C[C@H]2CN3c2ccc(F)cc2)[C@H](O)C(=O)NO)cc1. The Kier molecular flexibility index (Phi) is 8.22. The fraction of sp³-hybridized carbons (Fsp3) is 0.500. The summed E-state index contributed by atoms with van der Waals surface area (Å²) in [4.78, 5) is 16.2. The number of hydroxylamine groups is 1. The second kappa shape index (κ2) is 11.3. The molecule has 8 nitrogen and oxygen atoms in total. The van der Waals surface area contributed by atoms with E-state index in [2.05, 4.69) is 4.90 Å². The van der Waals surface area contributed by atoms with Gasteiger partial charge in [0.05, 0.1) is 6.61 Å². The van der Waals surface area contributed by atoms with E-state index in [-0.39, 0.29) is 17.9 Å². The number of piperazine rings is 1. The molecule has 2 aromatic carbocycles. The van der Waals surface area contributed by atoms with Gasteiger partial charge in [-0.3, -0.25) is 14.9 Å². The molecule has 1 amide bonds. The fourth-order valence-electron chi connectivity index (χ4n) is 5.41. The van der Waals surface area contributed by atoms with Crippen molar-refractivity contribution in [3.63, 3.8) is 0 Å². The average Bonchev–Trinajstić information content (AvgIpc) is 3.48. The maximum Gasteiger partial charge on any atom is 0.272 e. The number of ether oxygens (including phenoxy) is 1. The minimum atomic E-state index is -1.54. The summed E-state index contributed by atoms with van der Waals surface area (Å²) >= 11 is 0. The Morgan fingerprint density at radius 1 is 1.11 bits per heavy atom. The van der Waals surface area contributed by atoms with E-state index >= 15 is 0 Å². The summed E-state index contributed by atoms with van der Waals surface area (Å²) < 4.78 is 18.8. The molecule has 190 valence electrons. The molecule has 2 aliphatic heterocycles. The third-order valence-corrected chi connectivity index (χ3v) is 7.19. The lowest BCUT2D eigenvalue weighted by atomic mass is 9.91. The van der Waals surface area contributed by atoms with Crippen molar-refractivity contribution in [1.82, 2.24) is 10.4 Å². The molecule has 2 aliphatic rings. The lowest BCUT2D eigenvalue weighted by Gasteiger charge is -2.41. The molecule has 2 aromatic rings. The van der Waals surface area contributed by atoms with Crippen LogP contribution in [-0.4, -0.2) is 70.3 Å². The van der Waals surface area contributed by atoms with Gasteiger partial charge < -0.3 is 19.8 Å². The number of likely N-dealkylation sites (tertiary alicyclic amines) is 1. The molecule has 5 atom stereocenters. The number of hydrogen-bond acceptors (Lipinski definition) is 7. The van der Waals surface area contributed by atoms with Gasteiger partial charge in [-0.25, -0.2) is 9.87 Å². The maximum absolute atomic E-state index is 13.3. The predicted molar refractivity (Wildman–Crippen MR) is 129 cm³/mol. The van der Waals surface area contributed by atoms with Crippen LogP contribution in [-0.2, 0) is 11.2 Å². The number of halogens is 1.